The molecule has 2 heterocycles. The molecule has 1 atom stereocenters. The van der Waals surface area contributed by atoms with Crippen LogP contribution in [0.3, 0.4) is 0 Å². The van der Waals surface area contributed by atoms with E-state index in [0.717, 1.165) is 17.5 Å². The number of amides is 3. The molecule has 0 saturated carbocycles. The molecule has 2 aromatic carbocycles. The first-order chi connectivity index (χ1) is 14.9. The highest BCUT2D eigenvalue weighted by Gasteiger charge is 2.52. The third-order valence-electron chi connectivity index (χ3n) is 6.38. The second kappa shape index (κ2) is 7.24. The molecule has 0 bridgehead atoms. The van der Waals surface area contributed by atoms with Gasteiger partial charge in [-0.25, -0.2) is 9.59 Å². The number of halogens is 1. The summed E-state index contributed by atoms with van der Waals surface area (Å²) < 4.78 is 5.35. The molecule has 1 aromatic heterocycles. The highest BCUT2D eigenvalue weighted by Crippen LogP contribution is 2.35. The summed E-state index contributed by atoms with van der Waals surface area (Å²) in [5.41, 5.74) is 2.62. The predicted octanol–water partition coefficient (Wildman–Crippen LogP) is 3.99. The van der Waals surface area contributed by atoms with E-state index in [1.807, 2.05) is 25.1 Å². The lowest BCUT2D eigenvalue weighted by atomic mass is 9.78. The Kier molecular flexibility index (Phi) is 4.63. The van der Waals surface area contributed by atoms with E-state index in [1.54, 1.807) is 12.1 Å². The molecule has 1 aliphatic carbocycles. The largest absolute Gasteiger partial charge is 0.423 e. The van der Waals surface area contributed by atoms with Crippen molar-refractivity contribution in [3.63, 3.8) is 0 Å². The van der Waals surface area contributed by atoms with Gasteiger partial charge in [0.1, 0.15) is 11.1 Å². The minimum absolute atomic E-state index is 0.0159. The standard InChI is InChI=1S/C24H21ClN2O4/c1-2-14-9-20-18(11-19(14)25)17(10-21(28)31-20)13-27-22(29)24(26-23(27)30)8-7-15-5-3-4-6-16(15)12-24/h3-6,9-11H,2,7-8,12-13H2,1H3,(H,26,30). The maximum Gasteiger partial charge on any atom is 0.336 e. The lowest BCUT2D eigenvalue weighted by molar-refractivity contribution is -0.132. The van der Waals surface area contributed by atoms with Crippen molar-refractivity contribution in [2.24, 2.45) is 0 Å². The summed E-state index contributed by atoms with van der Waals surface area (Å²) >= 11 is 6.37. The number of rotatable bonds is 3. The summed E-state index contributed by atoms with van der Waals surface area (Å²) in [6.07, 6.45) is 2.44. The quantitative estimate of drug-likeness (QED) is 0.497. The molecular weight excluding hydrogens is 416 g/mol. The molecule has 1 unspecified atom stereocenters. The van der Waals surface area contributed by atoms with Gasteiger partial charge in [0, 0.05) is 22.9 Å². The Morgan fingerprint density at radius 1 is 1.10 bits per heavy atom. The fourth-order valence-corrected chi connectivity index (χ4v) is 5.00. The van der Waals surface area contributed by atoms with Crippen molar-refractivity contribution in [1.29, 1.82) is 0 Å². The maximum absolute atomic E-state index is 13.4. The van der Waals surface area contributed by atoms with Crippen LogP contribution in [0.1, 0.15) is 35.6 Å². The van der Waals surface area contributed by atoms with Gasteiger partial charge in [-0.3, -0.25) is 9.69 Å². The van der Waals surface area contributed by atoms with E-state index < -0.39 is 17.2 Å². The molecule has 6 nitrogen and oxygen atoms in total. The number of aryl methyl sites for hydroxylation is 2. The third-order valence-corrected chi connectivity index (χ3v) is 6.74. The minimum atomic E-state index is -0.937. The van der Waals surface area contributed by atoms with E-state index in [4.69, 9.17) is 16.0 Å². The van der Waals surface area contributed by atoms with Crippen LogP contribution in [0, 0.1) is 0 Å². The Morgan fingerprint density at radius 3 is 2.65 bits per heavy atom. The van der Waals surface area contributed by atoms with Gasteiger partial charge < -0.3 is 9.73 Å². The Hall–Kier alpha value is -3.12. The van der Waals surface area contributed by atoms with E-state index in [9.17, 15) is 14.4 Å². The van der Waals surface area contributed by atoms with Gasteiger partial charge in [-0.1, -0.05) is 42.8 Å². The molecule has 158 valence electrons. The van der Waals surface area contributed by atoms with Crippen LogP contribution in [0.5, 0.6) is 0 Å². The summed E-state index contributed by atoms with van der Waals surface area (Å²) in [5, 5.41) is 4.11. The SMILES string of the molecule is CCc1cc2oc(=O)cc(CN3C(=O)NC4(CCc5ccccc5C4)C3=O)c2cc1Cl. The summed E-state index contributed by atoms with van der Waals surface area (Å²) in [4.78, 5) is 39.6. The molecule has 1 spiro atoms. The van der Waals surface area contributed by atoms with Gasteiger partial charge in [0.2, 0.25) is 0 Å². The molecule has 1 fully saturated rings. The number of carbonyl (C=O) groups is 2. The van der Waals surface area contributed by atoms with Crippen LogP contribution < -0.4 is 10.9 Å². The van der Waals surface area contributed by atoms with Crippen LogP contribution in [-0.2, 0) is 30.6 Å². The number of fused-ring (bicyclic) bond motifs is 2. The van der Waals surface area contributed by atoms with Crippen molar-refractivity contribution >= 4 is 34.5 Å². The molecule has 5 rings (SSSR count). The van der Waals surface area contributed by atoms with E-state index in [-0.39, 0.29) is 12.5 Å². The molecule has 1 N–H and O–H groups in total. The van der Waals surface area contributed by atoms with Crippen molar-refractivity contribution in [1.82, 2.24) is 10.2 Å². The molecular formula is C24H21ClN2O4. The number of nitrogens with one attached hydrogen (secondary N) is 1. The van der Waals surface area contributed by atoms with Crippen LogP contribution >= 0.6 is 11.6 Å². The number of hydrogen-bond acceptors (Lipinski definition) is 4. The lowest BCUT2D eigenvalue weighted by Crippen LogP contribution is -2.51. The zero-order valence-electron chi connectivity index (χ0n) is 17.0. The van der Waals surface area contributed by atoms with E-state index >= 15 is 0 Å². The highest BCUT2D eigenvalue weighted by molar-refractivity contribution is 6.32. The highest BCUT2D eigenvalue weighted by atomic mass is 35.5. The van der Waals surface area contributed by atoms with Crippen molar-refractivity contribution < 1.29 is 14.0 Å². The average molecular weight is 437 g/mol. The maximum atomic E-state index is 13.4. The lowest BCUT2D eigenvalue weighted by Gasteiger charge is -2.32. The Morgan fingerprint density at radius 2 is 1.87 bits per heavy atom. The zero-order valence-corrected chi connectivity index (χ0v) is 17.8. The first-order valence-electron chi connectivity index (χ1n) is 10.4. The van der Waals surface area contributed by atoms with Crippen molar-refractivity contribution in [2.45, 2.75) is 44.7 Å². The fourth-order valence-electron chi connectivity index (χ4n) is 4.71. The van der Waals surface area contributed by atoms with Gasteiger partial charge in [0.25, 0.3) is 5.91 Å². The summed E-state index contributed by atoms with van der Waals surface area (Å²) in [6, 6.07) is 12.4. The van der Waals surface area contributed by atoms with Gasteiger partial charge in [-0.05, 0) is 53.6 Å². The smallest absolute Gasteiger partial charge is 0.336 e. The van der Waals surface area contributed by atoms with Gasteiger partial charge in [0.05, 0.1) is 6.54 Å². The van der Waals surface area contributed by atoms with Crippen LogP contribution in [0.4, 0.5) is 4.79 Å². The third kappa shape index (κ3) is 3.22. The van der Waals surface area contributed by atoms with Crippen LogP contribution in [0.15, 0.2) is 51.7 Å². The number of benzene rings is 2. The molecule has 1 saturated heterocycles. The van der Waals surface area contributed by atoms with Crippen LogP contribution in [0.25, 0.3) is 11.0 Å². The minimum Gasteiger partial charge on any atom is -0.423 e. The second-order valence-electron chi connectivity index (χ2n) is 8.23. The summed E-state index contributed by atoms with van der Waals surface area (Å²) in [5.74, 6) is -0.260. The zero-order chi connectivity index (χ0) is 21.8. The van der Waals surface area contributed by atoms with Crippen molar-refractivity contribution in [2.75, 3.05) is 0 Å². The number of imide groups is 1. The monoisotopic (exact) mass is 436 g/mol. The average Bonchev–Trinajstić information content (AvgIpc) is 2.97. The van der Waals surface area contributed by atoms with Gasteiger partial charge in [-0.2, -0.15) is 0 Å². The number of urea groups is 1. The number of nitrogens with zero attached hydrogens (tertiary/aromatic N) is 1. The molecule has 3 aromatic rings. The van der Waals surface area contributed by atoms with Gasteiger partial charge in [-0.15, -0.1) is 0 Å². The van der Waals surface area contributed by atoms with Crippen LogP contribution in [-0.4, -0.2) is 22.4 Å². The summed E-state index contributed by atoms with van der Waals surface area (Å²) in [7, 11) is 0. The first-order valence-corrected chi connectivity index (χ1v) is 10.7. The summed E-state index contributed by atoms with van der Waals surface area (Å²) in [6.45, 7) is 1.95. The molecule has 1 aliphatic heterocycles. The predicted molar refractivity (Wildman–Crippen MR) is 117 cm³/mol. The second-order valence-corrected chi connectivity index (χ2v) is 8.64. The Labute approximate surface area is 183 Å². The Balaban J connectivity index is 1.51. The topological polar surface area (TPSA) is 79.6 Å². The molecule has 2 aliphatic rings. The van der Waals surface area contributed by atoms with Crippen molar-refractivity contribution in [3.8, 4) is 0 Å². The fraction of sp³-hybridized carbons (Fsp3) is 0.292. The van der Waals surface area contributed by atoms with E-state index in [1.165, 1.54) is 16.5 Å². The van der Waals surface area contributed by atoms with Gasteiger partial charge >= 0.3 is 11.7 Å². The first kappa shape index (κ1) is 19.8. The Bertz CT molecular complexity index is 1300. The van der Waals surface area contributed by atoms with Gasteiger partial charge in [0.15, 0.2) is 0 Å². The normalized spacial score (nSPS) is 20.4. The molecule has 31 heavy (non-hydrogen) atoms. The molecule has 0 radical (unpaired) electrons. The van der Waals surface area contributed by atoms with Crippen LogP contribution in [0.2, 0.25) is 5.02 Å². The number of carbonyl (C=O) groups excluding carboxylic acids is 2. The number of hydrogen-bond donors (Lipinski definition) is 1. The van der Waals surface area contributed by atoms with Crippen molar-refractivity contribution in [3.05, 3.63) is 80.2 Å². The molecule has 3 amide bonds. The van der Waals surface area contributed by atoms with E-state index in [0.29, 0.717) is 40.8 Å². The van der Waals surface area contributed by atoms with E-state index in [2.05, 4.69) is 11.4 Å². The molecule has 7 heteroatoms.